The van der Waals surface area contributed by atoms with Crippen molar-refractivity contribution in [2.45, 2.75) is 13.5 Å². The second-order valence-electron chi connectivity index (χ2n) is 5.25. The Bertz CT molecular complexity index is 762. The van der Waals surface area contributed by atoms with Gasteiger partial charge in [0.1, 0.15) is 0 Å². The van der Waals surface area contributed by atoms with E-state index < -0.39 is 5.97 Å². The first kappa shape index (κ1) is 17.8. The summed E-state index contributed by atoms with van der Waals surface area (Å²) in [4.78, 5) is 24.8. The molecule has 0 spiro atoms. The Morgan fingerprint density at radius 2 is 1.92 bits per heavy atom. The monoisotopic (exact) mass is 346 g/mol. The number of nitrogens with one attached hydrogen (secondary N) is 1. The van der Waals surface area contributed by atoms with Gasteiger partial charge >= 0.3 is 5.97 Å². The molecular formula is C18H19ClN2O3. The Balaban J connectivity index is 2.23. The lowest BCUT2D eigenvalue weighted by atomic mass is 10.1. The quantitative estimate of drug-likeness (QED) is 0.838. The van der Waals surface area contributed by atoms with Gasteiger partial charge in [0.25, 0.3) is 0 Å². The minimum Gasteiger partial charge on any atom is -0.465 e. The molecule has 0 aliphatic rings. The fraction of sp³-hybridized carbons (Fsp3) is 0.222. The number of hydrogen-bond donors (Lipinski definition) is 1. The highest BCUT2D eigenvalue weighted by Gasteiger charge is 2.12. The number of anilines is 2. The summed E-state index contributed by atoms with van der Waals surface area (Å²) < 4.78 is 4.72. The summed E-state index contributed by atoms with van der Waals surface area (Å²) >= 11 is 6.21. The molecule has 2 aromatic rings. The van der Waals surface area contributed by atoms with Crippen molar-refractivity contribution < 1.29 is 14.3 Å². The van der Waals surface area contributed by atoms with Gasteiger partial charge in [0.2, 0.25) is 5.91 Å². The predicted molar refractivity (Wildman–Crippen MR) is 95.6 cm³/mol. The maximum absolute atomic E-state index is 11.6. The van der Waals surface area contributed by atoms with Crippen molar-refractivity contribution in [2.24, 2.45) is 0 Å². The summed E-state index contributed by atoms with van der Waals surface area (Å²) in [6, 6.07) is 12.5. The number of esters is 1. The third-order valence-corrected chi connectivity index (χ3v) is 4.04. The molecule has 126 valence electrons. The van der Waals surface area contributed by atoms with Gasteiger partial charge in [-0.15, -0.1) is 0 Å². The van der Waals surface area contributed by atoms with Gasteiger partial charge in [-0.05, 0) is 35.9 Å². The van der Waals surface area contributed by atoms with Crippen molar-refractivity contribution in [3.8, 4) is 0 Å². The van der Waals surface area contributed by atoms with Gasteiger partial charge in [0.15, 0.2) is 0 Å². The lowest BCUT2D eigenvalue weighted by molar-refractivity contribution is -0.116. The zero-order chi connectivity index (χ0) is 17.7. The van der Waals surface area contributed by atoms with Crippen molar-refractivity contribution in [3.05, 3.63) is 58.6 Å². The van der Waals surface area contributed by atoms with E-state index >= 15 is 0 Å². The van der Waals surface area contributed by atoms with Crippen LogP contribution in [0.15, 0.2) is 42.5 Å². The molecule has 24 heavy (non-hydrogen) atoms. The van der Waals surface area contributed by atoms with E-state index in [1.807, 2.05) is 24.3 Å². The molecule has 6 heteroatoms. The number of ether oxygens (including phenoxy) is 1. The third kappa shape index (κ3) is 4.06. The molecule has 0 bridgehead atoms. The highest BCUT2D eigenvalue weighted by molar-refractivity contribution is 6.31. The van der Waals surface area contributed by atoms with E-state index in [0.29, 0.717) is 17.1 Å². The smallest absolute Gasteiger partial charge is 0.337 e. The predicted octanol–water partition coefficient (Wildman–Crippen LogP) is 3.72. The van der Waals surface area contributed by atoms with Crippen molar-refractivity contribution in [1.82, 2.24) is 0 Å². The highest BCUT2D eigenvalue weighted by atomic mass is 35.5. The van der Waals surface area contributed by atoms with Crippen LogP contribution in [0.25, 0.3) is 0 Å². The van der Waals surface area contributed by atoms with Crippen LogP contribution < -0.4 is 10.2 Å². The number of methoxy groups -OCH3 is 1. The molecule has 1 amide bonds. The van der Waals surface area contributed by atoms with Gasteiger partial charge < -0.3 is 15.0 Å². The minimum absolute atomic E-state index is 0.0602. The van der Waals surface area contributed by atoms with Crippen molar-refractivity contribution in [2.75, 3.05) is 24.4 Å². The fourth-order valence-corrected chi connectivity index (χ4v) is 2.42. The molecule has 0 heterocycles. The molecule has 0 saturated carbocycles. The summed E-state index contributed by atoms with van der Waals surface area (Å²) in [6.45, 7) is 1.92. The number of halogens is 1. The average Bonchev–Trinajstić information content (AvgIpc) is 2.59. The van der Waals surface area contributed by atoms with E-state index in [2.05, 4.69) is 5.32 Å². The van der Waals surface area contributed by atoms with Crippen LogP contribution >= 0.6 is 11.6 Å². The molecule has 5 nitrogen and oxygen atoms in total. The largest absolute Gasteiger partial charge is 0.465 e. The average molecular weight is 347 g/mol. The topological polar surface area (TPSA) is 58.6 Å². The fourth-order valence-electron chi connectivity index (χ4n) is 2.23. The Kier molecular flexibility index (Phi) is 5.82. The third-order valence-electron chi connectivity index (χ3n) is 3.67. The van der Waals surface area contributed by atoms with Crippen LogP contribution in [0, 0.1) is 0 Å². The van der Waals surface area contributed by atoms with E-state index in [1.165, 1.54) is 14.0 Å². The number of para-hydroxylation sites is 2. The van der Waals surface area contributed by atoms with E-state index in [9.17, 15) is 9.59 Å². The molecule has 0 aliphatic carbocycles. The minimum atomic E-state index is -0.412. The maximum Gasteiger partial charge on any atom is 0.337 e. The van der Waals surface area contributed by atoms with Gasteiger partial charge in [-0.1, -0.05) is 23.7 Å². The molecular weight excluding hydrogens is 328 g/mol. The SMILES string of the molecule is COC(=O)c1ccc(Cl)c(CNc2ccccc2N(C)C(C)=O)c1. The van der Waals surface area contributed by atoms with Gasteiger partial charge in [-0.3, -0.25) is 4.79 Å². The lowest BCUT2D eigenvalue weighted by Gasteiger charge is -2.20. The zero-order valence-electron chi connectivity index (χ0n) is 13.8. The second-order valence-corrected chi connectivity index (χ2v) is 5.65. The molecule has 0 aromatic heterocycles. The highest BCUT2D eigenvalue weighted by Crippen LogP contribution is 2.26. The molecule has 0 fully saturated rings. The first-order valence-electron chi connectivity index (χ1n) is 7.38. The number of hydrogen-bond acceptors (Lipinski definition) is 4. The molecule has 0 unspecified atom stereocenters. The summed E-state index contributed by atoms with van der Waals surface area (Å²) in [5.74, 6) is -0.473. The second kappa shape index (κ2) is 7.84. The molecule has 0 atom stereocenters. The van der Waals surface area contributed by atoms with Crippen LogP contribution in [0.1, 0.15) is 22.8 Å². The van der Waals surface area contributed by atoms with Crippen molar-refractivity contribution >= 4 is 34.9 Å². The van der Waals surface area contributed by atoms with E-state index in [-0.39, 0.29) is 5.91 Å². The lowest BCUT2D eigenvalue weighted by Crippen LogP contribution is -2.23. The zero-order valence-corrected chi connectivity index (χ0v) is 14.6. The number of benzene rings is 2. The Hall–Kier alpha value is -2.53. The van der Waals surface area contributed by atoms with Crippen LogP contribution in [-0.4, -0.2) is 26.0 Å². The molecule has 0 aliphatic heterocycles. The van der Waals surface area contributed by atoms with Gasteiger partial charge in [0.05, 0.1) is 24.0 Å². The van der Waals surface area contributed by atoms with Crippen molar-refractivity contribution in [1.29, 1.82) is 0 Å². The van der Waals surface area contributed by atoms with Gasteiger partial charge in [-0.25, -0.2) is 4.79 Å². The summed E-state index contributed by atoms with van der Waals surface area (Å²) in [5.41, 5.74) is 2.77. The van der Waals surface area contributed by atoms with E-state index in [0.717, 1.165) is 16.9 Å². The molecule has 2 rings (SSSR count). The Labute approximate surface area is 146 Å². The standard InChI is InChI=1S/C18H19ClN2O3/c1-12(22)21(2)17-7-5-4-6-16(17)20-11-14-10-13(18(23)24-3)8-9-15(14)19/h4-10,20H,11H2,1-3H3. The van der Waals surface area contributed by atoms with Crippen LogP contribution in [0.2, 0.25) is 5.02 Å². The number of rotatable bonds is 5. The van der Waals surface area contributed by atoms with Crippen LogP contribution in [-0.2, 0) is 16.1 Å². The van der Waals surface area contributed by atoms with Crippen LogP contribution in [0.5, 0.6) is 0 Å². The van der Waals surface area contributed by atoms with Crippen molar-refractivity contribution in [3.63, 3.8) is 0 Å². The molecule has 0 radical (unpaired) electrons. The number of amides is 1. The number of carbonyl (C=O) groups is 2. The van der Waals surface area contributed by atoms with Gasteiger partial charge in [0, 0.05) is 25.5 Å². The number of carbonyl (C=O) groups excluding carboxylic acids is 2. The normalized spacial score (nSPS) is 10.2. The van der Waals surface area contributed by atoms with Gasteiger partial charge in [-0.2, -0.15) is 0 Å². The van der Waals surface area contributed by atoms with E-state index in [4.69, 9.17) is 16.3 Å². The summed E-state index contributed by atoms with van der Waals surface area (Å²) in [5, 5.41) is 3.81. The van der Waals surface area contributed by atoms with Crippen LogP contribution in [0.4, 0.5) is 11.4 Å². The number of nitrogens with zero attached hydrogens (tertiary/aromatic N) is 1. The van der Waals surface area contributed by atoms with Crippen LogP contribution in [0.3, 0.4) is 0 Å². The Morgan fingerprint density at radius 3 is 2.58 bits per heavy atom. The Morgan fingerprint density at radius 1 is 1.21 bits per heavy atom. The summed E-state index contributed by atoms with van der Waals surface area (Å²) in [7, 11) is 3.05. The first-order valence-corrected chi connectivity index (χ1v) is 7.75. The summed E-state index contributed by atoms with van der Waals surface area (Å²) in [6.07, 6.45) is 0. The first-order chi connectivity index (χ1) is 11.4. The molecule has 1 N–H and O–H groups in total. The maximum atomic E-state index is 11.6. The molecule has 2 aromatic carbocycles. The van der Waals surface area contributed by atoms with E-state index in [1.54, 1.807) is 30.1 Å². The molecule has 0 saturated heterocycles.